The Kier molecular flexibility index (Phi) is 2.28. The molecule has 0 radical (unpaired) electrons. The molecule has 1 saturated carbocycles. The van der Waals surface area contributed by atoms with Crippen LogP contribution in [-0.4, -0.2) is 31.8 Å². The highest BCUT2D eigenvalue weighted by molar-refractivity contribution is 6.75. The second-order valence-corrected chi connectivity index (χ2v) is 8.13. The van der Waals surface area contributed by atoms with E-state index in [0.717, 1.165) is 23.6 Å². The van der Waals surface area contributed by atoms with Crippen molar-refractivity contribution in [3.63, 3.8) is 0 Å². The van der Waals surface area contributed by atoms with Gasteiger partial charge in [-0.2, -0.15) is 0 Å². The van der Waals surface area contributed by atoms with E-state index in [9.17, 15) is 0 Å². The fraction of sp³-hybridized carbons (Fsp3) is 1.00. The Morgan fingerprint density at radius 1 is 1.00 bits per heavy atom. The lowest BCUT2D eigenvalue weighted by molar-refractivity contribution is -0.772. The van der Waals surface area contributed by atoms with Gasteiger partial charge in [-0.15, -0.1) is 18.5 Å². The van der Waals surface area contributed by atoms with Crippen LogP contribution in [0.2, 0.25) is 18.5 Å². The molecule has 4 rings (SSSR count). The largest absolute Gasteiger partial charge is 0.522 e. The van der Waals surface area contributed by atoms with E-state index in [4.69, 9.17) is 0 Å². The van der Waals surface area contributed by atoms with Crippen LogP contribution in [0, 0.1) is 17.8 Å². The molecule has 0 aromatic rings. The third kappa shape index (κ3) is 1.29. The van der Waals surface area contributed by atoms with E-state index in [1.165, 1.54) is 10.8 Å². The van der Waals surface area contributed by atoms with Crippen molar-refractivity contribution in [1.82, 2.24) is 0 Å². The Bertz CT molecular complexity index is 280. The molecule has 92 valence electrons. The van der Waals surface area contributed by atoms with Crippen molar-refractivity contribution >= 4 is 6.28 Å². The number of rotatable bonds is 2. The zero-order valence-corrected chi connectivity index (χ0v) is 11.6. The summed E-state index contributed by atoms with van der Waals surface area (Å²) in [5, 5.41) is 0. The first-order valence-corrected chi connectivity index (χ1v) is 7.46. The first-order valence-electron chi connectivity index (χ1n) is 7.46. The number of hydrogen-bond donors (Lipinski definition) is 0. The zero-order chi connectivity index (χ0) is 11.6. The quantitative estimate of drug-likeness (QED) is 0.626. The number of nitrogens with zero attached hydrogens (tertiary/aromatic N) is 1. The summed E-state index contributed by atoms with van der Waals surface area (Å²) in [6.07, 6.45) is 9.26. The van der Waals surface area contributed by atoms with Crippen LogP contribution in [-0.2, 0) is 0 Å². The lowest BCUT2D eigenvalue weighted by atomic mass is 9.12. The third-order valence-electron chi connectivity index (χ3n) is 6.84. The average molecular weight is 221 g/mol. The molecule has 4 bridgehead atoms. The second-order valence-electron chi connectivity index (χ2n) is 8.13. The lowest BCUT2D eigenvalue weighted by Crippen LogP contribution is -2.71. The van der Waals surface area contributed by atoms with Crippen LogP contribution >= 0.6 is 0 Å². The summed E-state index contributed by atoms with van der Waals surface area (Å²) >= 11 is 0. The first kappa shape index (κ1) is 11.1. The molecule has 3 aliphatic heterocycles. The van der Waals surface area contributed by atoms with E-state index in [-0.39, 0.29) is 6.28 Å². The Labute approximate surface area is 101 Å². The fourth-order valence-corrected chi connectivity index (χ4v) is 6.44. The summed E-state index contributed by atoms with van der Waals surface area (Å²) in [5.74, 6) is 4.40. The maximum atomic E-state index is 2.48. The molecule has 3 heterocycles. The molecule has 1 aliphatic carbocycles. The molecule has 0 amide bonds. The molecular weight excluding hydrogens is 193 g/mol. The van der Waals surface area contributed by atoms with Gasteiger partial charge in [-0.05, 0) is 0 Å². The fourth-order valence-electron chi connectivity index (χ4n) is 6.44. The zero-order valence-electron chi connectivity index (χ0n) is 11.6. The van der Waals surface area contributed by atoms with E-state index in [2.05, 4.69) is 28.1 Å². The molecule has 4 aliphatic rings. The lowest BCUT2D eigenvalue weighted by Gasteiger charge is -2.70. The number of quaternary nitrogens is 1. The van der Waals surface area contributed by atoms with Crippen LogP contribution in [0.15, 0.2) is 0 Å². The normalized spacial score (nSPS) is 51.0. The topological polar surface area (TPSA) is 0 Å². The van der Waals surface area contributed by atoms with Gasteiger partial charge in [0.2, 0.25) is 6.28 Å². The molecule has 0 aromatic carbocycles. The molecule has 2 heteroatoms. The van der Waals surface area contributed by atoms with Crippen molar-refractivity contribution in [2.45, 2.75) is 51.1 Å². The standard InChI is InChI=1S/C14H28BN/c1-5-14-13-7-11-6-12(8-13)10-15(14,9-11)16(2,3)4/h11-14H,5-10H2,1-4H3/t11-,12+,13?,14-,15?/m0/s1. The highest BCUT2D eigenvalue weighted by Crippen LogP contribution is 2.63. The summed E-state index contributed by atoms with van der Waals surface area (Å²) in [7, 11) is 7.45. The van der Waals surface area contributed by atoms with Crippen LogP contribution in [0.3, 0.4) is 0 Å². The molecule has 2 unspecified atom stereocenters. The molecule has 4 fully saturated rings. The molecule has 5 atom stereocenters. The predicted octanol–water partition coefficient (Wildman–Crippen LogP) is 3.48. The van der Waals surface area contributed by atoms with Gasteiger partial charge in [0.1, 0.15) is 0 Å². The first-order chi connectivity index (χ1) is 7.46. The summed E-state index contributed by atoms with van der Waals surface area (Å²) in [6.45, 7) is 2.45. The van der Waals surface area contributed by atoms with E-state index >= 15 is 0 Å². The van der Waals surface area contributed by atoms with Crippen LogP contribution in [0.4, 0.5) is 0 Å². The summed E-state index contributed by atoms with van der Waals surface area (Å²) in [6, 6.07) is 0. The van der Waals surface area contributed by atoms with E-state index < -0.39 is 0 Å². The van der Waals surface area contributed by atoms with Gasteiger partial charge in [0.15, 0.2) is 0 Å². The molecule has 0 spiro atoms. The number of hydrogen-bond acceptors (Lipinski definition) is 0. The summed E-state index contributed by atoms with van der Waals surface area (Å²) in [4.78, 5) is 0. The maximum absolute atomic E-state index is 2.48. The minimum absolute atomic E-state index is 0.115. The minimum atomic E-state index is -0.115. The van der Waals surface area contributed by atoms with E-state index in [1.807, 2.05) is 0 Å². The highest BCUT2D eigenvalue weighted by Gasteiger charge is 2.59. The minimum Gasteiger partial charge on any atom is -0.522 e. The Morgan fingerprint density at radius 3 is 2.00 bits per heavy atom. The van der Waals surface area contributed by atoms with E-state index in [1.54, 1.807) is 31.9 Å². The van der Waals surface area contributed by atoms with Crippen molar-refractivity contribution in [2.24, 2.45) is 17.8 Å². The molecule has 0 N–H and O–H groups in total. The molecule has 16 heavy (non-hydrogen) atoms. The SMILES string of the molecule is CC[C@H]1C2C[C@@H]3C[C@H](C2)C[B-]1([N+](C)(C)C)C3. The van der Waals surface area contributed by atoms with Crippen molar-refractivity contribution in [1.29, 1.82) is 0 Å². The molecule has 1 nitrogen and oxygen atoms in total. The van der Waals surface area contributed by atoms with Gasteiger partial charge < -0.3 is 4.39 Å². The van der Waals surface area contributed by atoms with E-state index in [0.29, 0.717) is 0 Å². The summed E-state index contributed by atoms with van der Waals surface area (Å²) in [5.41, 5.74) is 0. The maximum Gasteiger partial charge on any atom is 0.212 e. The Hall–Kier alpha value is 0.0249. The molecule has 0 aromatic heterocycles. The Balaban J connectivity index is 2.01. The highest BCUT2D eigenvalue weighted by atomic mass is 15.2. The average Bonchev–Trinajstić information content (AvgIpc) is 2.14. The van der Waals surface area contributed by atoms with Crippen molar-refractivity contribution < 1.29 is 4.39 Å². The third-order valence-corrected chi connectivity index (χ3v) is 6.84. The summed E-state index contributed by atoms with van der Waals surface area (Å²) < 4.78 is 1.28. The van der Waals surface area contributed by atoms with Crippen molar-refractivity contribution in [3.05, 3.63) is 0 Å². The van der Waals surface area contributed by atoms with Gasteiger partial charge in [-0.3, -0.25) is 0 Å². The Morgan fingerprint density at radius 2 is 1.56 bits per heavy atom. The van der Waals surface area contributed by atoms with Crippen molar-refractivity contribution in [3.8, 4) is 0 Å². The second kappa shape index (κ2) is 3.28. The van der Waals surface area contributed by atoms with Gasteiger partial charge in [0.05, 0.1) is 0 Å². The van der Waals surface area contributed by atoms with Gasteiger partial charge in [-0.1, -0.05) is 50.4 Å². The smallest absolute Gasteiger partial charge is 0.212 e. The predicted molar refractivity (Wildman–Crippen MR) is 71.8 cm³/mol. The van der Waals surface area contributed by atoms with Gasteiger partial charge >= 0.3 is 0 Å². The van der Waals surface area contributed by atoms with Gasteiger partial charge in [-0.25, -0.2) is 0 Å². The van der Waals surface area contributed by atoms with Gasteiger partial charge in [0.25, 0.3) is 0 Å². The molecule has 3 saturated heterocycles. The van der Waals surface area contributed by atoms with Crippen LogP contribution < -0.4 is 0 Å². The molecular formula is C14H28BN. The van der Waals surface area contributed by atoms with Crippen molar-refractivity contribution in [2.75, 3.05) is 21.1 Å². The monoisotopic (exact) mass is 221 g/mol. The van der Waals surface area contributed by atoms with Gasteiger partial charge in [0, 0.05) is 21.1 Å². The van der Waals surface area contributed by atoms with Crippen LogP contribution in [0.25, 0.3) is 0 Å². The van der Waals surface area contributed by atoms with Crippen LogP contribution in [0.5, 0.6) is 0 Å². The van der Waals surface area contributed by atoms with Crippen LogP contribution in [0.1, 0.15) is 32.6 Å².